The first-order chi connectivity index (χ1) is 18.5. The van der Waals surface area contributed by atoms with E-state index >= 15 is 0 Å². The zero-order valence-electron chi connectivity index (χ0n) is 20.3. The Bertz CT molecular complexity index is 1900. The van der Waals surface area contributed by atoms with Crippen LogP contribution < -0.4 is 15.7 Å². The molecule has 0 fully saturated rings. The van der Waals surface area contributed by atoms with E-state index in [-0.39, 0.29) is 12.1 Å². The summed E-state index contributed by atoms with van der Waals surface area (Å²) in [4.78, 5) is 25.7. The van der Waals surface area contributed by atoms with E-state index in [0.29, 0.717) is 28.4 Å². The van der Waals surface area contributed by atoms with Crippen molar-refractivity contribution in [3.05, 3.63) is 100 Å². The number of nitrogens with one attached hydrogen (secondary N) is 1. The zero-order chi connectivity index (χ0) is 26.2. The Hall–Kier alpha value is -4.76. The van der Waals surface area contributed by atoms with E-state index in [1.54, 1.807) is 28.8 Å². The molecule has 0 radical (unpaired) electrons. The van der Waals surface area contributed by atoms with E-state index in [1.807, 2.05) is 55.5 Å². The number of fused-ring (bicyclic) bond motifs is 4. The molecule has 9 nitrogen and oxygen atoms in total. The molecular formula is C28H21ClN6O3. The second-order valence-electron chi connectivity index (χ2n) is 8.67. The van der Waals surface area contributed by atoms with Gasteiger partial charge in [-0.2, -0.15) is 5.10 Å². The molecule has 38 heavy (non-hydrogen) atoms. The summed E-state index contributed by atoms with van der Waals surface area (Å²) in [7, 11) is 0. The highest BCUT2D eigenvalue weighted by Crippen LogP contribution is 2.30. The van der Waals surface area contributed by atoms with Gasteiger partial charge in [-0.3, -0.25) is 15.0 Å². The van der Waals surface area contributed by atoms with Crippen LogP contribution in [0.25, 0.3) is 38.6 Å². The molecule has 0 aliphatic heterocycles. The molecule has 0 atom stereocenters. The van der Waals surface area contributed by atoms with Gasteiger partial charge in [0, 0.05) is 11.2 Å². The maximum absolute atomic E-state index is 13.1. The van der Waals surface area contributed by atoms with Crippen LogP contribution in [-0.2, 0) is 11.2 Å². The third-order valence-corrected chi connectivity index (χ3v) is 6.51. The number of aryl methyl sites for hydroxylation is 1. The smallest absolute Gasteiger partial charge is 0.299 e. The molecule has 188 valence electrons. The Labute approximate surface area is 221 Å². The number of rotatable bonds is 6. The highest BCUT2D eigenvalue weighted by Gasteiger charge is 2.19. The quantitative estimate of drug-likeness (QED) is 0.341. The number of amides is 1. The lowest BCUT2D eigenvalue weighted by molar-refractivity contribution is -0.119. The fraction of sp³-hybridized carbons (Fsp3) is 0.107. The summed E-state index contributed by atoms with van der Waals surface area (Å²) < 4.78 is 8.31. The van der Waals surface area contributed by atoms with Crippen molar-refractivity contribution in [2.45, 2.75) is 13.3 Å². The van der Waals surface area contributed by atoms with Crippen LogP contribution in [0.5, 0.6) is 5.75 Å². The number of halogens is 1. The second kappa shape index (κ2) is 9.60. The number of aromatic nitrogens is 5. The summed E-state index contributed by atoms with van der Waals surface area (Å²) in [5.74, 6) is 0.0610. The Kier molecular flexibility index (Phi) is 5.97. The van der Waals surface area contributed by atoms with Gasteiger partial charge in [0.15, 0.2) is 17.8 Å². The van der Waals surface area contributed by atoms with Gasteiger partial charge in [0.1, 0.15) is 11.3 Å². The van der Waals surface area contributed by atoms with E-state index in [1.165, 1.54) is 6.20 Å². The van der Waals surface area contributed by atoms with Gasteiger partial charge in [0.05, 0.1) is 11.3 Å². The van der Waals surface area contributed by atoms with Crippen molar-refractivity contribution in [1.29, 1.82) is 0 Å². The Morgan fingerprint density at radius 3 is 2.58 bits per heavy atom. The van der Waals surface area contributed by atoms with Crippen LogP contribution in [0.3, 0.4) is 0 Å². The summed E-state index contributed by atoms with van der Waals surface area (Å²) in [6, 6.07) is 22.5. The maximum Gasteiger partial charge on any atom is 0.299 e. The molecule has 3 aromatic heterocycles. The van der Waals surface area contributed by atoms with E-state index in [4.69, 9.17) is 21.4 Å². The number of carbonyl (C=O) groups excluding carboxylic acids is 1. The topological polar surface area (TPSA) is 103 Å². The van der Waals surface area contributed by atoms with Gasteiger partial charge < -0.3 is 4.74 Å². The van der Waals surface area contributed by atoms with Gasteiger partial charge in [-0.05, 0) is 53.1 Å². The molecule has 0 saturated heterocycles. The van der Waals surface area contributed by atoms with Crippen molar-refractivity contribution in [3.63, 3.8) is 0 Å². The molecule has 3 heterocycles. The molecule has 0 aliphatic carbocycles. The molecule has 0 aliphatic rings. The van der Waals surface area contributed by atoms with Crippen LogP contribution in [0.2, 0.25) is 5.02 Å². The number of carbonyl (C=O) groups is 1. The van der Waals surface area contributed by atoms with Crippen molar-refractivity contribution in [2.75, 3.05) is 12.0 Å². The summed E-state index contributed by atoms with van der Waals surface area (Å²) in [5.41, 5.74) is 5.66. The van der Waals surface area contributed by atoms with E-state index in [0.717, 1.165) is 32.3 Å². The molecule has 0 unspecified atom stereocenters. The molecule has 0 bridgehead atoms. The van der Waals surface area contributed by atoms with Gasteiger partial charge in [-0.1, -0.05) is 61.0 Å². The average Bonchev–Trinajstić information content (AvgIpc) is 3.33. The SMILES string of the molecule is CCc1nn2c(nnc3c(=O)n(NC(=O)COc4ccc5ccccc5c4)ccc32)c1-c1ccc(Cl)cc1. The number of pyridine rings is 1. The molecule has 6 aromatic rings. The number of hydrogen-bond acceptors (Lipinski definition) is 6. The third kappa shape index (κ3) is 4.22. The standard InChI is InChI=1S/C28H21ClN6O3/c1-2-22-25(18-7-10-20(29)11-8-18)27-31-30-26-23(35(27)32-22)13-14-34(28(26)37)33-24(36)16-38-21-12-9-17-5-3-4-6-19(17)15-21/h3-15H,2,16H2,1H3,(H,33,36). The number of benzene rings is 3. The zero-order valence-corrected chi connectivity index (χ0v) is 21.0. The van der Waals surface area contributed by atoms with Crippen LogP contribution in [-0.4, -0.2) is 37.0 Å². The van der Waals surface area contributed by atoms with Crippen LogP contribution in [0.15, 0.2) is 83.8 Å². The van der Waals surface area contributed by atoms with Gasteiger partial charge in [0.25, 0.3) is 11.5 Å². The molecule has 3 aromatic carbocycles. The second-order valence-corrected chi connectivity index (χ2v) is 9.11. The normalized spacial score (nSPS) is 11.3. The Morgan fingerprint density at radius 2 is 1.79 bits per heavy atom. The van der Waals surface area contributed by atoms with Crippen LogP contribution in [0.4, 0.5) is 0 Å². The summed E-state index contributed by atoms with van der Waals surface area (Å²) in [5, 5.41) is 15.9. The summed E-state index contributed by atoms with van der Waals surface area (Å²) in [6.45, 7) is 1.73. The van der Waals surface area contributed by atoms with Crippen molar-refractivity contribution >= 4 is 45.0 Å². The van der Waals surface area contributed by atoms with Crippen molar-refractivity contribution in [1.82, 2.24) is 24.5 Å². The lowest BCUT2D eigenvalue weighted by atomic mass is 10.0. The lowest BCUT2D eigenvalue weighted by Gasteiger charge is -2.10. The number of ether oxygens (including phenoxy) is 1. The van der Waals surface area contributed by atoms with Crippen LogP contribution in [0.1, 0.15) is 12.6 Å². The monoisotopic (exact) mass is 524 g/mol. The highest BCUT2D eigenvalue weighted by molar-refractivity contribution is 6.30. The van der Waals surface area contributed by atoms with E-state index < -0.39 is 11.5 Å². The predicted molar refractivity (Wildman–Crippen MR) is 146 cm³/mol. The molecular weight excluding hydrogens is 504 g/mol. The summed E-state index contributed by atoms with van der Waals surface area (Å²) >= 11 is 6.06. The Balaban J connectivity index is 1.28. The largest absolute Gasteiger partial charge is 0.484 e. The molecule has 6 rings (SSSR count). The first-order valence-corrected chi connectivity index (χ1v) is 12.4. The van der Waals surface area contributed by atoms with Crippen LogP contribution >= 0.6 is 11.6 Å². The minimum absolute atomic E-state index is 0.0727. The fourth-order valence-electron chi connectivity index (χ4n) is 4.41. The molecule has 10 heteroatoms. The van der Waals surface area contributed by atoms with Crippen molar-refractivity contribution < 1.29 is 9.53 Å². The first-order valence-electron chi connectivity index (χ1n) is 12.0. The molecule has 0 saturated carbocycles. The van der Waals surface area contributed by atoms with Gasteiger partial charge in [-0.25, -0.2) is 9.19 Å². The molecule has 1 amide bonds. The van der Waals surface area contributed by atoms with Crippen molar-refractivity contribution in [2.24, 2.45) is 0 Å². The van der Waals surface area contributed by atoms with Gasteiger partial charge in [0.2, 0.25) is 0 Å². The minimum Gasteiger partial charge on any atom is -0.484 e. The van der Waals surface area contributed by atoms with E-state index in [9.17, 15) is 9.59 Å². The van der Waals surface area contributed by atoms with Gasteiger partial charge in [-0.15, -0.1) is 10.2 Å². The van der Waals surface area contributed by atoms with E-state index in [2.05, 4.69) is 15.6 Å². The number of hydrogen-bond donors (Lipinski definition) is 1. The summed E-state index contributed by atoms with van der Waals surface area (Å²) in [6.07, 6.45) is 2.13. The molecule has 1 N–H and O–H groups in total. The maximum atomic E-state index is 13.1. The Morgan fingerprint density at radius 1 is 1.00 bits per heavy atom. The third-order valence-electron chi connectivity index (χ3n) is 6.26. The van der Waals surface area contributed by atoms with Crippen molar-refractivity contribution in [3.8, 4) is 16.9 Å². The first kappa shape index (κ1) is 23.6. The number of nitrogens with zero attached hydrogens (tertiary/aromatic N) is 5. The molecule has 0 spiro atoms. The minimum atomic E-state index is -0.530. The van der Waals surface area contributed by atoms with Gasteiger partial charge >= 0.3 is 0 Å². The van der Waals surface area contributed by atoms with Crippen LogP contribution in [0, 0.1) is 0 Å². The highest BCUT2D eigenvalue weighted by atomic mass is 35.5. The average molecular weight is 525 g/mol. The predicted octanol–water partition coefficient (Wildman–Crippen LogP) is 4.62. The lowest BCUT2D eigenvalue weighted by Crippen LogP contribution is -2.35. The fourth-order valence-corrected chi connectivity index (χ4v) is 4.54.